The highest BCUT2D eigenvalue weighted by Crippen LogP contribution is 2.25. The van der Waals surface area contributed by atoms with Crippen molar-refractivity contribution in [1.82, 2.24) is 0 Å². The van der Waals surface area contributed by atoms with Crippen LogP contribution in [0.3, 0.4) is 0 Å². The Morgan fingerprint density at radius 1 is 1.11 bits per heavy atom. The van der Waals surface area contributed by atoms with Gasteiger partial charge < -0.3 is 25.2 Å². The molecule has 6 nitrogen and oxygen atoms in total. The Balaban J connectivity index is 2.22. The molecule has 0 unspecified atom stereocenters. The smallest absolute Gasteiger partial charge is 0.303 e. The zero-order valence-electron chi connectivity index (χ0n) is 16.6. The lowest BCUT2D eigenvalue weighted by Crippen LogP contribution is -2.25. The Kier molecular flexibility index (Phi) is 12.4. The van der Waals surface area contributed by atoms with Crippen LogP contribution in [0.2, 0.25) is 0 Å². The van der Waals surface area contributed by atoms with Gasteiger partial charge in [0.25, 0.3) is 0 Å². The minimum atomic E-state index is -0.785. The van der Waals surface area contributed by atoms with Gasteiger partial charge in [-0.15, -0.1) is 0 Å². The zero-order valence-corrected chi connectivity index (χ0v) is 16.6. The molecule has 0 aromatic heterocycles. The molecular weight excluding hydrogens is 360 g/mol. The largest absolute Gasteiger partial charge is 0.481 e. The number of carboxylic acid groups (broad SMARTS) is 1. The van der Waals surface area contributed by atoms with Gasteiger partial charge in [0.05, 0.1) is 24.4 Å². The lowest BCUT2D eigenvalue weighted by Gasteiger charge is -2.16. The van der Waals surface area contributed by atoms with Crippen LogP contribution in [0.4, 0.5) is 0 Å². The standard InChI is InChI=1S/C22H34O6/c1-2-17(23)14-15-20-19(25)16-21(28-20)18(24)12-10-8-6-4-3-5-7-9-11-13-22(26)27/h3-4,7-10,14-15,17-21,23-25H,2,5-6,11-13,16H2,1H3,(H,26,27)/b4-3-,9-7-,10-8-,15-14+/t17-,18-,19-,20-,21-/m0/s1. The number of rotatable bonds is 13. The second-order valence-electron chi connectivity index (χ2n) is 6.92. The molecule has 1 rings (SSSR count). The van der Waals surface area contributed by atoms with Gasteiger partial charge in [0.15, 0.2) is 0 Å². The molecule has 0 radical (unpaired) electrons. The zero-order chi connectivity index (χ0) is 20.8. The van der Waals surface area contributed by atoms with Gasteiger partial charge in [0.2, 0.25) is 0 Å². The van der Waals surface area contributed by atoms with Crippen molar-refractivity contribution in [3.05, 3.63) is 48.6 Å². The summed E-state index contributed by atoms with van der Waals surface area (Å²) in [5, 5.41) is 38.3. The minimum absolute atomic E-state index is 0.157. The quantitative estimate of drug-likeness (QED) is 0.358. The first kappa shape index (κ1) is 24.3. The third kappa shape index (κ3) is 10.6. The molecule has 0 bridgehead atoms. The first-order chi connectivity index (χ1) is 13.4. The highest BCUT2D eigenvalue weighted by atomic mass is 16.5. The van der Waals surface area contributed by atoms with Gasteiger partial charge >= 0.3 is 5.97 Å². The summed E-state index contributed by atoms with van der Waals surface area (Å²) in [5.74, 6) is -0.785. The van der Waals surface area contributed by atoms with Crippen molar-refractivity contribution >= 4 is 5.97 Å². The van der Waals surface area contributed by atoms with E-state index in [-0.39, 0.29) is 6.42 Å². The van der Waals surface area contributed by atoms with Crippen LogP contribution in [0.15, 0.2) is 48.6 Å². The van der Waals surface area contributed by atoms with Crippen molar-refractivity contribution in [2.24, 2.45) is 0 Å². The molecule has 0 aromatic carbocycles. The summed E-state index contributed by atoms with van der Waals surface area (Å²) < 4.78 is 5.70. The maximum atomic E-state index is 10.4. The summed E-state index contributed by atoms with van der Waals surface area (Å²) in [6.45, 7) is 1.87. The van der Waals surface area contributed by atoms with Crippen LogP contribution < -0.4 is 0 Å². The average molecular weight is 395 g/mol. The van der Waals surface area contributed by atoms with E-state index in [2.05, 4.69) is 0 Å². The summed E-state index contributed by atoms with van der Waals surface area (Å²) >= 11 is 0. The average Bonchev–Trinajstić information content (AvgIpc) is 3.04. The topological polar surface area (TPSA) is 107 Å². The SMILES string of the molecule is CC[C@H](O)/C=C/[C@@H]1O[C@H]([C@@H](O)C/C=C\C/C=C\C/C=C\CCC(=O)O)C[C@@H]1O. The van der Waals surface area contributed by atoms with Crippen molar-refractivity contribution in [3.8, 4) is 0 Å². The molecule has 0 aliphatic carbocycles. The molecule has 1 fully saturated rings. The van der Waals surface area contributed by atoms with Crippen LogP contribution in [0.25, 0.3) is 0 Å². The Morgan fingerprint density at radius 3 is 2.39 bits per heavy atom. The summed E-state index contributed by atoms with van der Waals surface area (Å²) in [6.07, 6.45) is 15.9. The van der Waals surface area contributed by atoms with Crippen LogP contribution in [0, 0.1) is 0 Å². The maximum absolute atomic E-state index is 10.4. The van der Waals surface area contributed by atoms with E-state index in [1.807, 2.05) is 43.4 Å². The van der Waals surface area contributed by atoms with Crippen molar-refractivity contribution in [3.63, 3.8) is 0 Å². The van der Waals surface area contributed by atoms with Crippen LogP contribution in [0.1, 0.15) is 51.9 Å². The number of carboxylic acids is 1. The van der Waals surface area contributed by atoms with E-state index < -0.39 is 36.5 Å². The van der Waals surface area contributed by atoms with Crippen LogP contribution in [-0.4, -0.2) is 56.9 Å². The molecule has 6 heteroatoms. The van der Waals surface area contributed by atoms with Gasteiger partial charge in [-0.05, 0) is 32.1 Å². The summed E-state index contributed by atoms with van der Waals surface area (Å²) in [7, 11) is 0. The summed E-state index contributed by atoms with van der Waals surface area (Å²) in [4.78, 5) is 10.4. The number of allylic oxidation sites excluding steroid dienone is 5. The van der Waals surface area contributed by atoms with Crippen LogP contribution >= 0.6 is 0 Å². The molecule has 1 saturated heterocycles. The van der Waals surface area contributed by atoms with Crippen molar-refractivity contribution in [2.45, 2.75) is 82.4 Å². The van der Waals surface area contributed by atoms with Gasteiger partial charge in [-0.1, -0.05) is 55.5 Å². The number of hydrogen-bond acceptors (Lipinski definition) is 5. The maximum Gasteiger partial charge on any atom is 0.303 e. The molecule has 1 aliphatic heterocycles. The van der Waals surface area contributed by atoms with Gasteiger partial charge in [0, 0.05) is 12.8 Å². The Labute approximate surface area is 167 Å². The van der Waals surface area contributed by atoms with E-state index in [1.165, 1.54) is 0 Å². The number of hydrogen-bond donors (Lipinski definition) is 4. The number of ether oxygens (including phenoxy) is 1. The van der Waals surface area contributed by atoms with E-state index in [0.717, 1.165) is 12.8 Å². The highest BCUT2D eigenvalue weighted by Gasteiger charge is 2.35. The molecule has 28 heavy (non-hydrogen) atoms. The lowest BCUT2D eigenvalue weighted by molar-refractivity contribution is -0.136. The van der Waals surface area contributed by atoms with E-state index in [9.17, 15) is 20.1 Å². The van der Waals surface area contributed by atoms with Gasteiger partial charge in [0.1, 0.15) is 6.10 Å². The predicted octanol–water partition coefficient (Wildman–Crippen LogP) is 2.90. The normalized spacial score (nSPS) is 25.5. The van der Waals surface area contributed by atoms with Crippen LogP contribution in [-0.2, 0) is 9.53 Å². The molecule has 1 heterocycles. The fraction of sp³-hybridized carbons (Fsp3) is 0.591. The summed E-state index contributed by atoms with van der Waals surface area (Å²) in [5.41, 5.74) is 0. The second kappa shape index (κ2) is 14.3. The van der Waals surface area contributed by atoms with Crippen molar-refractivity contribution in [2.75, 3.05) is 0 Å². The molecule has 0 spiro atoms. The van der Waals surface area contributed by atoms with Crippen molar-refractivity contribution < 1.29 is 30.0 Å². The third-order valence-corrected chi connectivity index (χ3v) is 4.50. The van der Waals surface area contributed by atoms with Gasteiger partial charge in [-0.25, -0.2) is 0 Å². The van der Waals surface area contributed by atoms with E-state index in [1.54, 1.807) is 12.2 Å². The Bertz CT molecular complexity index is 551. The third-order valence-electron chi connectivity index (χ3n) is 4.50. The van der Waals surface area contributed by atoms with Crippen LogP contribution in [0.5, 0.6) is 0 Å². The number of carbonyl (C=O) groups is 1. The van der Waals surface area contributed by atoms with Gasteiger partial charge in [-0.3, -0.25) is 4.79 Å². The lowest BCUT2D eigenvalue weighted by atomic mass is 10.0. The van der Waals surface area contributed by atoms with Crippen molar-refractivity contribution in [1.29, 1.82) is 0 Å². The Hall–Kier alpha value is -1.73. The number of aliphatic carboxylic acids is 1. The molecule has 5 atom stereocenters. The van der Waals surface area contributed by atoms with E-state index in [0.29, 0.717) is 25.7 Å². The van der Waals surface area contributed by atoms with E-state index >= 15 is 0 Å². The molecule has 4 N–H and O–H groups in total. The number of aliphatic hydroxyl groups is 3. The summed E-state index contributed by atoms with van der Waals surface area (Å²) in [6, 6.07) is 0. The Morgan fingerprint density at radius 2 is 1.75 bits per heavy atom. The van der Waals surface area contributed by atoms with Gasteiger partial charge in [-0.2, -0.15) is 0 Å². The fourth-order valence-corrected chi connectivity index (χ4v) is 2.77. The number of aliphatic hydroxyl groups excluding tert-OH is 3. The second-order valence-corrected chi connectivity index (χ2v) is 6.92. The minimum Gasteiger partial charge on any atom is -0.481 e. The first-order valence-corrected chi connectivity index (χ1v) is 9.98. The highest BCUT2D eigenvalue weighted by molar-refractivity contribution is 5.66. The molecule has 0 saturated carbocycles. The molecular formula is C22H34O6. The fourth-order valence-electron chi connectivity index (χ4n) is 2.77. The molecule has 1 aliphatic rings. The molecule has 0 aromatic rings. The molecule has 158 valence electrons. The monoisotopic (exact) mass is 394 g/mol. The predicted molar refractivity (Wildman–Crippen MR) is 109 cm³/mol. The molecule has 0 amide bonds. The first-order valence-electron chi connectivity index (χ1n) is 9.98. The van der Waals surface area contributed by atoms with E-state index in [4.69, 9.17) is 9.84 Å².